The summed E-state index contributed by atoms with van der Waals surface area (Å²) >= 11 is 0. The van der Waals surface area contributed by atoms with E-state index in [0.29, 0.717) is 11.6 Å². The van der Waals surface area contributed by atoms with Gasteiger partial charge in [0.25, 0.3) is 0 Å². The summed E-state index contributed by atoms with van der Waals surface area (Å²) in [6.07, 6.45) is -2.65. The minimum atomic E-state index is -4.52. The van der Waals surface area contributed by atoms with Crippen LogP contribution in [0.1, 0.15) is 44.7 Å². The van der Waals surface area contributed by atoms with Gasteiger partial charge >= 0.3 is 6.18 Å². The Morgan fingerprint density at radius 1 is 1.11 bits per heavy atom. The first-order valence-corrected chi connectivity index (χ1v) is 6.26. The summed E-state index contributed by atoms with van der Waals surface area (Å²) < 4.78 is 50.9. The van der Waals surface area contributed by atoms with E-state index >= 15 is 0 Å². The average Bonchev–Trinajstić information content (AvgIpc) is 2.24. The maximum Gasteiger partial charge on any atom is 0.416 e. The third-order valence-corrected chi connectivity index (χ3v) is 2.93. The molecule has 0 aliphatic rings. The molecule has 0 fully saturated rings. The molecule has 0 aliphatic carbocycles. The van der Waals surface area contributed by atoms with Crippen molar-refractivity contribution in [3.8, 4) is 0 Å². The topological polar surface area (TPSA) is 12.0 Å². The Kier molecular flexibility index (Phi) is 4.96. The average molecular weight is 277 g/mol. The van der Waals surface area contributed by atoms with Crippen LogP contribution in [0.3, 0.4) is 0 Å². The quantitative estimate of drug-likeness (QED) is 0.781. The van der Waals surface area contributed by atoms with Gasteiger partial charge in [-0.15, -0.1) is 0 Å². The molecule has 0 radical (unpaired) electrons. The number of hydrogen-bond acceptors (Lipinski definition) is 1. The van der Waals surface area contributed by atoms with Gasteiger partial charge in [-0.05, 0) is 44.0 Å². The van der Waals surface area contributed by atoms with Crippen LogP contribution in [-0.4, -0.2) is 5.54 Å². The lowest BCUT2D eigenvalue weighted by atomic mass is 9.98. The number of alkyl halides is 3. The summed E-state index contributed by atoms with van der Waals surface area (Å²) in [5, 5.41) is 3.15. The van der Waals surface area contributed by atoms with Crippen LogP contribution in [0.4, 0.5) is 17.6 Å². The van der Waals surface area contributed by atoms with Gasteiger partial charge in [0.1, 0.15) is 5.82 Å². The fourth-order valence-corrected chi connectivity index (χ4v) is 1.97. The van der Waals surface area contributed by atoms with Crippen molar-refractivity contribution < 1.29 is 17.6 Å². The van der Waals surface area contributed by atoms with Crippen LogP contribution in [0.15, 0.2) is 18.2 Å². The van der Waals surface area contributed by atoms with E-state index < -0.39 is 17.6 Å². The van der Waals surface area contributed by atoms with Crippen LogP contribution in [0.5, 0.6) is 0 Å². The minimum Gasteiger partial charge on any atom is -0.308 e. The van der Waals surface area contributed by atoms with E-state index in [2.05, 4.69) is 5.32 Å². The first kappa shape index (κ1) is 16.0. The summed E-state index contributed by atoms with van der Waals surface area (Å²) in [6.45, 7) is 6.20. The van der Waals surface area contributed by atoms with Crippen LogP contribution in [0.25, 0.3) is 0 Å². The van der Waals surface area contributed by atoms with Crippen molar-refractivity contribution >= 4 is 0 Å². The lowest BCUT2D eigenvalue weighted by Crippen LogP contribution is -2.38. The van der Waals surface area contributed by atoms with Gasteiger partial charge < -0.3 is 5.32 Å². The van der Waals surface area contributed by atoms with E-state index in [0.717, 1.165) is 25.0 Å². The molecule has 1 aromatic carbocycles. The molecule has 0 bridgehead atoms. The van der Waals surface area contributed by atoms with Gasteiger partial charge in [0.2, 0.25) is 0 Å². The highest BCUT2D eigenvalue weighted by molar-refractivity contribution is 5.26. The van der Waals surface area contributed by atoms with Crippen molar-refractivity contribution in [1.82, 2.24) is 5.32 Å². The Hall–Kier alpha value is -1.10. The second-order valence-corrected chi connectivity index (χ2v) is 5.33. The zero-order chi connectivity index (χ0) is 14.7. The highest BCUT2D eigenvalue weighted by Gasteiger charge is 2.31. The summed E-state index contributed by atoms with van der Waals surface area (Å²) in [4.78, 5) is 0. The summed E-state index contributed by atoms with van der Waals surface area (Å²) in [5.74, 6) is -0.861. The first-order valence-electron chi connectivity index (χ1n) is 6.26. The minimum absolute atomic E-state index is 0.181. The van der Waals surface area contributed by atoms with Gasteiger partial charge in [-0.2, -0.15) is 13.2 Å². The molecule has 1 aromatic rings. The molecule has 0 aromatic heterocycles. The molecular weight excluding hydrogens is 258 g/mol. The Morgan fingerprint density at radius 3 is 2.26 bits per heavy atom. The van der Waals surface area contributed by atoms with E-state index in [1.54, 1.807) is 0 Å². The fourth-order valence-electron chi connectivity index (χ4n) is 1.97. The number of rotatable bonds is 5. The number of nitrogens with one attached hydrogen (secondary N) is 1. The van der Waals surface area contributed by atoms with Gasteiger partial charge in [0.05, 0.1) is 5.56 Å². The lowest BCUT2D eigenvalue weighted by molar-refractivity contribution is -0.137. The van der Waals surface area contributed by atoms with E-state index in [9.17, 15) is 17.6 Å². The van der Waals surface area contributed by atoms with E-state index in [-0.39, 0.29) is 12.1 Å². The number of hydrogen-bond donors (Lipinski definition) is 1. The molecule has 5 heteroatoms. The van der Waals surface area contributed by atoms with Crippen LogP contribution in [-0.2, 0) is 12.7 Å². The standard InChI is InChI=1S/C14H19F4N/c1-4-5-13(2,3)19-9-10-6-11(14(16,17)18)8-12(15)7-10/h6-8,19H,4-5,9H2,1-3H3. The molecule has 0 saturated carbocycles. The van der Waals surface area contributed by atoms with Crippen molar-refractivity contribution in [1.29, 1.82) is 0 Å². The molecule has 0 aliphatic heterocycles. The second-order valence-electron chi connectivity index (χ2n) is 5.33. The van der Waals surface area contributed by atoms with Crippen LogP contribution in [0.2, 0.25) is 0 Å². The van der Waals surface area contributed by atoms with E-state index in [1.807, 2.05) is 20.8 Å². The molecule has 0 spiro atoms. The molecule has 19 heavy (non-hydrogen) atoms. The van der Waals surface area contributed by atoms with Crippen LogP contribution < -0.4 is 5.32 Å². The number of halogens is 4. The maximum atomic E-state index is 13.2. The monoisotopic (exact) mass is 277 g/mol. The molecular formula is C14H19F4N. The lowest BCUT2D eigenvalue weighted by Gasteiger charge is -2.26. The smallest absolute Gasteiger partial charge is 0.308 e. The number of benzene rings is 1. The highest BCUT2D eigenvalue weighted by Crippen LogP contribution is 2.30. The first-order chi connectivity index (χ1) is 8.64. The van der Waals surface area contributed by atoms with Crippen molar-refractivity contribution in [2.75, 3.05) is 0 Å². The van der Waals surface area contributed by atoms with Crippen molar-refractivity contribution in [3.05, 3.63) is 35.1 Å². The Balaban J connectivity index is 2.82. The molecule has 1 nitrogen and oxygen atoms in total. The molecule has 1 N–H and O–H groups in total. The molecule has 108 valence electrons. The summed E-state index contributed by atoms with van der Waals surface area (Å²) in [7, 11) is 0. The van der Waals surface area contributed by atoms with Gasteiger partial charge in [-0.3, -0.25) is 0 Å². The SMILES string of the molecule is CCCC(C)(C)NCc1cc(F)cc(C(F)(F)F)c1. The molecule has 1 rings (SSSR count). The normalized spacial score (nSPS) is 12.8. The van der Waals surface area contributed by atoms with E-state index in [4.69, 9.17) is 0 Å². The maximum absolute atomic E-state index is 13.2. The highest BCUT2D eigenvalue weighted by atomic mass is 19.4. The molecule has 0 unspecified atom stereocenters. The largest absolute Gasteiger partial charge is 0.416 e. The molecule has 0 heterocycles. The Bertz CT molecular complexity index is 424. The van der Waals surface area contributed by atoms with Gasteiger partial charge in [-0.1, -0.05) is 13.3 Å². The van der Waals surface area contributed by atoms with Crippen molar-refractivity contribution in [2.24, 2.45) is 0 Å². The fraction of sp³-hybridized carbons (Fsp3) is 0.571. The Labute approximate surface area is 111 Å². The van der Waals surface area contributed by atoms with Gasteiger partial charge in [0, 0.05) is 12.1 Å². The van der Waals surface area contributed by atoms with Crippen molar-refractivity contribution in [2.45, 2.75) is 51.9 Å². The predicted molar refractivity (Wildman–Crippen MR) is 67.2 cm³/mol. The third kappa shape index (κ3) is 5.19. The Morgan fingerprint density at radius 2 is 1.74 bits per heavy atom. The van der Waals surface area contributed by atoms with Gasteiger partial charge in [0.15, 0.2) is 0 Å². The zero-order valence-corrected chi connectivity index (χ0v) is 11.4. The van der Waals surface area contributed by atoms with Crippen LogP contribution >= 0.6 is 0 Å². The molecule has 0 amide bonds. The van der Waals surface area contributed by atoms with E-state index in [1.165, 1.54) is 0 Å². The van der Waals surface area contributed by atoms with Crippen molar-refractivity contribution in [3.63, 3.8) is 0 Å². The summed E-state index contributed by atoms with van der Waals surface area (Å²) in [5.41, 5.74) is -0.825. The molecule has 0 atom stereocenters. The van der Waals surface area contributed by atoms with Crippen LogP contribution in [0, 0.1) is 5.82 Å². The van der Waals surface area contributed by atoms with Gasteiger partial charge in [-0.25, -0.2) is 4.39 Å². The molecule has 0 saturated heterocycles. The summed E-state index contributed by atoms with van der Waals surface area (Å²) in [6, 6.07) is 2.63. The second kappa shape index (κ2) is 5.90. The predicted octanol–water partition coefficient (Wildman–Crippen LogP) is 4.51. The zero-order valence-electron chi connectivity index (χ0n) is 11.4. The third-order valence-electron chi connectivity index (χ3n) is 2.93.